The number of ether oxygens (including phenoxy) is 1. The lowest BCUT2D eigenvalue weighted by molar-refractivity contribution is 0.00717. The van der Waals surface area contributed by atoms with E-state index in [2.05, 4.69) is 30.0 Å². The zero-order chi connectivity index (χ0) is 17.2. The minimum Gasteiger partial charge on any atom is -0.371 e. The van der Waals surface area contributed by atoms with E-state index < -0.39 is 0 Å². The Morgan fingerprint density at radius 3 is 1.43 bits per heavy atom. The largest absolute Gasteiger partial charge is 0.371 e. The van der Waals surface area contributed by atoms with Gasteiger partial charge in [-0.25, -0.2) is 0 Å². The molecule has 0 aromatic rings. The molecule has 1 atom stereocenters. The molecule has 0 saturated heterocycles. The molecule has 0 fully saturated rings. The van der Waals surface area contributed by atoms with E-state index in [-0.39, 0.29) is 5.34 Å². The van der Waals surface area contributed by atoms with Crippen LogP contribution >= 0.6 is 9.24 Å². The molecule has 0 aromatic heterocycles. The van der Waals surface area contributed by atoms with Gasteiger partial charge in [-0.3, -0.25) is 0 Å². The maximum Gasteiger partial charge on any atom is 0.0813 e. The molecule has 0 radical (unpaired) electrons. The van der Waals surface area contributed by atoms with Crippen molar-refractivity contribution in [1.82, 2.24) is 0 Å². The van der Waals surface area contributed by atoms with Crippen LogP contribution < -0.4 is 0 Å². The molecule has 0 bridgehead atoms. The quantitative estimate of drug-likeness (QED) is 0.181. The van der Waals surface area contributed by atoms with E-state index in [1.165, 1.54) is 103 Å². The van der Waals surface area contributed by atoms with Gasteiger partial charge in [0.25, 0.3) is 0 Å². The summed E-state index contributed by atoms with van der Waals surface area (Å²) in [6, 6.07) is 0. The van der Waals surface area contributed by atoms with E-state index >= 15 is 0 Å². The average Bonchev–Trinajstić information content (AvgIpc) is 2.55. The maximum atomic E-state index is 6.36. The SMILES string of the molecule is CCCCCCCCOC(P)(CCCCCC)CCCCCC. The molecule has 0 aliphatic heterocycles. The van der Waals surface area contributed by atoms with Crippen molar-refractivity contribution in [3.8, 4) is 0 Å². The summed E-state index contributed by atoms with van der Waals surface area (Å²) in [4.78, 5) is 0. The predicted octanol–water partition coefficient (Wildman–Crippen LogP) is 7.88. The van der Waals surface area contributed by atoms with Gasteiger partial charge in [-0.15, -0.1) is 9.24 Å². The minimum atomic E-state index is 0.0604. The van der Waals surface area contributed by atoms with Gasteiger partial charge < -0.3 is 4.74 Å². The van der Waals surface area contributed by atoms with Crippen LogP contribution in [0.1, 0.15) is 124 Å². The number of rotatable bonds is 18. The lowest BCUT2D eigenvalue weighted by atomic mass is 10.0. The van der Waals surface area contributed by atoms with E-state index in [1.54, 1.807) is 0 Å². The second-order valence-electron chi connectivity index (χ2n) is 7.30. The molecule has 140 valence electrons. The molecule has 0 heterocycles. The van der Waals surface area contributed by atoms with Crippen molar-refractivity contribution in [2.75, 3.05) is 6.61 Å². The summed E-state index contributed by atoms with van der Waals surface area (Å²) in [6.07, 6.45) is 21.3. The molecule has 0 aliphatic rings. The summed E-state index contributed by atoms with van der Waals surface area (Å²) in [6.45, 7) is 7.81. The lowest BCUT2D eigenvalue weighted by Gasteiger charge is -2.30. The number of hydrogen-bond donors (Lipinski definition) is 0. The fraction of sp³-hybridized carbons (Fsp3) is 1.00. The summed E-state index contributed by atoms with van der Waals surface area (Å²) in [5.41, 5.74) is 0. The standard InChI is InChI=1S/C21H45OP/c1-4-7-10-13-14-17-20-22-21(23,18-15-11-8-5-2)19-16-12-9-6-3/h4-20,23H2,1-3H3. The van der Waals surface area contributed by atoms with Crippen molar-refractivity contribution in [2.45, 2.75) is 129 Å². The lowest BCUT2D eigenvalue weighted by Crippen LogP contribution is -2.25. The van der Waals surface area contributed by atoms with Crippen molar-refractivity contribution >= 4 is 9.24 Å². The molecule has 23 heavy (non-hydrogen) atoms. The second-order valence-corrected chi connectivity index (χ2v) is 8.35. The highest BCUT2D eigenvalue weighted by Crippen LogP contribution is 2.33. The molecule has 0 amide bonds. The zero-order valence-electron chi connectivity index (χ0n) is 16.5. The first-order chi connectivity index (χ1) is 11.2. The van der Waals surface area contributed by atoms with Crippen LogP contribution in [-0.4, -0.2) is 11.9 Å². The highest BCUT2D eigenvalue weighted by Gasteiger charge is 2.24. The van der Waals surface area contributed by atoms with Gasteiger partial charge in [0.2, 0.25) is 0 Å². The third-order valence-corrected chi connectivity index (χ3v) is 5.54. The molecule has 0 saturated carbocycles. The summed E-state index contributed by atoms with van der Waals surface area (Å²) < 4.78 is 6.36. The first kappa shape index (κ1) is 23.4. The van der Waals surface area contributed by atoms with Crippen molar-refractivity contribution in [2.24, 2.45) is 0 Å². The van der Waals surface area contributed by atoms with Gasteiger partial charge in [-0.05, 0) is 19.3 Å². The maximum absolute atomic E-state index is 6.36. The molecule has 0 N–H and O–H groups in total. The topological polar surface area (TPSA) is 9.23 Å². The van der Waals surface area contributed by atoms with E-state index in [1.807, 2.05) is 0 Å². The average molecular weight is 345 g/mol. The van der Waals surface area contributed by atoms with Crippen LogP contribution in [0.2, 0.25) is 0 Å². The van der Waals surface area contributed by atoms with Crippen LogP contribution in [0.3, 0.4) is 0 Å². The van der Waals surface area contributed by atoms with Gasteiger partial charge in [0.15, 0.2) is 0 Å². The van der Waals surface area contributed by atoms with Gasteiger partial charge in [0, 0.05) is 6.61 Å². The molecule has 0 aromatic carbocycles. The predicted molar refractivity (Wildman–Crippen MR) is 109 cm³/mol. The van der Waals surface area contributed by atoms with Crippen molar-refractivity contribution in [1.29, 1.82) is 0 Å². The Hall–Kier alpha value is 0.390. The third kappa shape index (κ3) is 15.6. The van der Waals surface area contributed by atoms with Crippen molar-refractivity contribution in [3.63, 3.8) is 0 Å². The highest BCUT2D eigenvalue weighted by molar-refractivity contribution is 7.18. The summed E-state index contributed by atoms with van der Waals surface area (Å²) in [5.74, 6) is 0. The molecule has 2 heteroatoms. The van der Waals surface area contributed by atoms with E-state index in [0.717, 1.165) is 6.61 Å². The molecule has 1 unspecified atom stereocenters. The molecular weight excluding hydrogens is 299 g/mol. The Labute approximate surface area is 149 Å². The number of hydrogen-bond acceptors (Lipinski definition) is 1. The summed E-state index contributed by atoms with van der Waals surface area (Å²) in [5, 5.41) is 0.0604. The van der Waals surface area contributed by atoms with Gasteiger partial charge in [-0.2, -0.15) is 0 Å². The first-order valence-electron chi connectivity index (χ1n) is 10.6. The van der Waals surface area contributed by atoms with Gasteiger partial charge in [0.05, 0.1) is 5.34 Å². The molecule has 1 nitrogen and oxygen atoms in total. The van der Waals surface area contributed by atoms with Gasteiger partial charge in [-0.1, -0.05) is 104 Å². The monoisotopic (exact) mass is 344 g/mol. The molecule has 0 spiro atoms. The fourth-order valence-corrected chi connectivity index (χ4v) is 3.66. The van der Waals surface area contributed by atoms with Gasteiger partial charge >= 0.3 is 0 Å². The van der Waals surface area contributed by atoms with Crippen LogP contribution in [0.4, 0.5) is 0 Å². The van der Waals surface area contributed by atoms with Crippen LogP contribution in [0.25, 0.3) is 0 Å². The Kier molecular flexibility index (Phi) is 17.5. The number of unbranched alkanes of at least 4 members (excludes halogenated alkanes) is 11. The van der Waals surface area contributed by atoms with Crippen LogP contribution in [0, 0.1) is 0 Å². The summed E-state index contributed by atoms with van der Waals surface area (Å²) >= 11 is 0. The molecular formula is C21H45OP. The van der Waals surface area contributed by atoms with Crippen LogP contribution in [0.5, 0.6) is 0 Å². The van der Waals surface area contributed by atoms with Crippen LogP contribution in [0.15, 0.2) is 0 Å². The molecule has 0 aliphatic carbocycles. The fourth-order valence-electron chi connectivity index (χ4n) is 3.13. The van der Waals surface area contributed by atoms with E-state index in [0.29, 0.717) is 0 Å². The Morgan fingerprint density at radius 2 is 0.957 bits per heavy atom. The Bertz CT molecular complexity index is 218. The van der Waals surface area contributed by atoms with Gasteiger partial charge in [0.1, 0.15) is 0 Å². The minimum absolute atomic E-state index is 0.0604. The normalized spacial score (nSPS) is 12.0. The first-order valence-corrected chi connectivity index (χ1v) is 11.2. The van der Waals surface area contributed by atoms with E-state index in [9.17, 15) is 0 Å². The van der Waals surface area contributed by atoms with Crippen molar-refractivity contribution < 1.29 is 4.74 Å². The van der Waals surface area contributed by atoms with E-state index in [4.69, 9.17) is 4.74 Å². The summed E-state index contributed by atoms with van der Waals surface area (Å²) in [7, 11) is 3.08. The highest BCUT2D eigenvalue weighted by atomic mass is 31.0. The van der Waals surface area contributed by atoms with Crippen LogP contribution in [-0.2, 0) is 4.74 Å². The Morgan fingerprint density at radius 1 is 0.565 bits per heavy atom. The smallest absolute Gasteiger partial charge is 0.0813 e. The third-order valence-electron chi connectivity index (χ3n) is 4.79. The van der Waals surface area contributed by atoms with Crippen molar-refractivity contribution in [3.05, 3.63) is 0 Å². The second kappa shape index (κ2) is 17.2. The zero-order valence-corrected chi connectivity index (χ0v) is 17.7. The Balaban J connectivity index is 3.94. The molecule has 0 rings (SSSR count).